The Hall–Kier alpha value is -2.13. The van der Waals surface area contributed by atoms with Gasteiger partial charge in [-0.15, -0.1) is 0 Å². The van der Waals surface area contributed by atoms with E-state index < -0.39 is 5.97 Å². The number of hydrogen-bond donors (Lipinski definition) is 1. The molecule has 3 rings (SSSR count). The fourth-order valence-corrected chi connectivity index (χ4v) is 2.73. The Balaban J connectivity index is 1.77. The molecule has 2 aromatic rings. The molecule has 0 radical (unpaired) electrons. The van der Waals surface area contributed by atoms with Crippen LogP contribution in [-0.4, -0.2) is 22.5 Å². The second kappa shape index (κ2) is 5.47. The molecule has 0 aliphatic carbocycles. The Morgan fingerprint density at radius 2 is 1.90 bits per heavy atom. The number of aromatic carboxylic acids is 1. The second-order valence-corrected chi connectivity index (χ2v) is 5.23. The van der Waals surface area contributed by atoms with Gasteiger partial charge in [0.2, 0.25) is 0 Å². The van der Waals surface area contributed by atoms with Gasteiger partial charge in [0.05, 0.1) is 5.56 Å². The molecule has 0 unspecified atom stereocenters. The van der Waals surface area contributed by atoms with Crippen LogP contribution >= 0.6 is 0 Å². The standard InChI is InChI=1S/C17H17NO2/c19-17(20)15-7-6-14-8-9-18(12-16(14)10-15)11-13-4-2-1-3-5-13/h1-7,10H,8-9,11-12H2,(H,19,20). The van der Waals surface area contributed by atoms with Gasteiger partial charge in [0.1, 0.15) is 0 Å². The van der Waals surface area contributed by atoms with E-state index in [0.717, 1.165) is 31.6 Å². The minimum atomic E-state index is -0.854. The molecule has 2 aromatic carbocycles. The smallest absolute Gasteiger partial charge is 0.335 e. The molecule has 0 aromatic heterocycles. The van der Waals surface area contributed by atoms with Crippen molar-refractivity contribution in [1.29, 1.82) is 0 Å². The average molecular weight is 267 g/mol. The van der Waals surface area contributed by atoms with Gasteiger partial charge in [-0.05, 0) is 35.2 Å². The van der Waals surface area contributed by atoms with Gasteiger partial charge in [-0.3, -0.25) is 4.90 Å². The van der Waals surface area contributed by atoms with Gasteiger partial charge in [0.25, 0.3) is 0 Å². The molecule has 0 amide bonds. The third-order valence-electron chi connectivity index (χ3n) is 3.79. The van der Waals surface area contributed by atoms with E-state index in [4.69, 9.17) is 5.11 Å². The van der Waals surface area contributed by atoms with Crippen LogP contribution in [-0.2, 0) is 19.5 Å². The van der Waals surface area contributed by atoms with Crippen LogP contribution in [0, 0.1) is 0 Å². The lowest BCUT2D eigenvalue weighted by Gasteiger charge is -2.29. The normalized spacial score (nSPS) is 14.8. The lowest BCUT2D eigenvalue weighted by molar-refractivity contribution is 0.0696. The summed E-state index contributed by atoms with van der Waals surface area (Å²) in [6.45, 7) is 2.76. The van der Waals surface area contributed by atoms with Gasteiger partial charge < -0.3 is 5.11 Å². The summed E-state index contributed by atoms with van der Waals surface area (Å²) in [6, 6.07) is 15.9. The fourth-order valence-electron chi connectivity index (χ4n) is 2.73. The number of carbonyl (C=O) groups is 1. The lowest BCUT2D eigenvalue weighted by Crippen LogP contribution is -2.30. The molecule has 0 saturated carbocycles. The van der Waals surface area contributed by atoms with E-state index >= 15 is 0 Å². The molecule has 102 valence electrons. The quantitative estimate of drug-likeness (QED) is 0.929. The Bertz CT molecular complexity index is 622. The van der Waals surface area contributed by atoms with Crippen molar-refractivity contribution in [2.45, 2.75) is 19.5 Å². The van der Waals surface area contributed by atoms with Crippen LogP contribution in [0.1, 0.15) is 27.0 Å². The highest BCUT2D eigenvalue weighted by Crippen LogP contribution is 2.22. The van der Waals surface area contributed by atoms with Crippen molar-refractivity contribution >= 4 is 5.97 Å². The molecule has 1 heterocycles. The van der Waals surface area contributed by atoms with Crippen LogP contribution in [0.5, 0.6) is 0 Å². The molecule has 1 N–H and O–H groups in total. The van der Waals surface area contributed by atoms with Crippen LogP contribution in [0.3, 0.4) is 0 Å². The van der Waals surface area contributed by atoms with Crippen LogP contribution in [0.2, 0.25) is 0 Å². The minimum absolute atomic E-state index is 0.380. The summed E-state index contributed by atoms with van der Waals surface area (Å²) < 4.78 is 0. The summed E-state index contributed by atoms with van der Waals surface area (Å²) in [5.74, 6) is -0.854. The zero-order chi connectivity index (χ0) is 13.9. The Morgan fingerprint density at radius 3 is 2.65 bits per heavy atom. The van der Waals surface area contributed by atoms with Gasteiger partial charge in [-0.2, -0.15) is 0 Å². The largest absolute Gasteiger partial charge is 0.478 e. The summed E-state index contributed by atoms with van der Waals surface area (Å²) >= 11 is 0. The molecule has 3 heteroatoms. The number of carboxylic acid groups (broad SMARTS) is 1. The zero-order valence-electron chi connectivity index (χ0n) is 11.2. The molecular formula is C17H17NO2. The van der Waals surface area contributed by atoms with Crippen molar-refractivity contribution in [3.8, 4) is 0 Å². The summed E-state index contributed by atoms with van der Waals surface area (Å²) in [7, 11) is 0. The Kier molecular flexibility index (Phi) is 3.52. The molecule has 0 fully saturated rings. The predicted octanol–water partition coefficient (Wildman–Crippen LogP) is 2.94. The SMILES string of the molecule is O=C(O)c1ccc2c(c1)CN(Cc1ccccc1)CC2. The molecule has 0 atom stereocenters. The molecule has 3 nitrogen and oxygen atoms in total. The first-order valence-corrected chi connectivity index (χ1v) is 6.84. The summed E-state index contributed by atoms with van der Waals surface area (Å²) in [5, 5.41) is 9.07. The van der Waals surface area contributed by atoms with E-state index in [-0.39, 0.29) is 0 Å². The highest BCUT2D eigenvalue weighted by Gasteiger charge is 2.17. The van der Waals surface area contributed by atoms with E-state index in [0.29, 0.717) is 5.56 Å². The van der Waals surface area contributed by atoms with Gasteiger partial charge >= 0.3 is 5.97 Å². The monoisotopic (exact) mass is 267 g/mol. The summed E-state index contributed by atoms with van der Waals surface area (Å²) in [4.78, 5) is 13.4. The molecular weight excluding hydrogens is 250 g/mol. The third-order valence-corrected chi connectivity index (χ3v) is 3.79. The molecule has 0 spiro atoms. The molecule has 1 aliphatic heterocycles. The zero-order valence-corrected chi connectivity index (χ0v) is 11.2. The average Bonchev–Trinajstić information content (AvgIpc) is 2.47. The van der Waals surface area contributed by atoms with E-state index in [1.54, 1.807) is 6.07 Å². The summed E-state index contributed by atoms with van der Waals surface area (Å²) in [5.41, 5.74) is 4.10. The summed E-state index contributed by atoms with van der Waals surface area (Å²) in [6.07, 6.45) is 0.988. The van der Waals surface area contributed by atoms with Gasteiger partial charge in [0.15, 0.2) is 0 Å². The first-order valence-electron chi connectivity index (χ1n) is 6.84. The minimum Gasteiger partial charge on any atom is -0.478 e. The van der Waals surface area contributed by atoms with Gasteiger partial charge in [0, 0.05) is 19.6 Å². The third kappa shape index (κ3) is 2.73. The van der Waals surface area contributed by atoms with Crippen molar-refractivity contribution in [3.63, 3.8) is 0 Å². The van der Waals surface area contributed by atoms with E-state index in [1.807, 2.05) is 18.2 Å². The number of hydrogen-bond acceptors (Lipinski definition) is 2. The van der Waals surface area contributed by atoms with Crippen molar-refractivity contribution in [2.75, 3.05) is 6.54 Å². The maximum Gasteiger partial charge on any atom is 0.335 e. The molecule has 20 heavy (non-hydrogen) atoms. The van der Waals surface area contributed by atoms with Gasteiger partial charge in [-0.25, -0.2) is 4.79 Å². The van der Waals surface area contributed by atoms with Crippen molar-refractivity contribution in [3.05, 3.63) is 70.8 Å². The lowest BCUT2D eigenvalue weighted by atomic mass is 9.97. The highest BCUT2D eigenvalue weighted by molar-refractivity contribution is 5.87. The van der Waals surface area contributed by atoms with E-state index in [9.17, 15) is 4.79 Å². The van der Waals surface area contributed by atoms with Crippen LogP contribution < -0.4 is 0 Å². The number of nitrogens with zero attached hydrogens (tertiary/aromatic N) is 1. The van der Waals surface area contributed by atoms with E-state index in [1.165, 1.54) is 11.1 Å². The van der Waals surface area contributed by atoms with Crippen molar-refractivity contribution in [1.82, 2.24) is 4.90 Å². The molecule has 0 saturated heterocycles. The number of carboxylic acids is 1. The maximum absolute atomic E-state index is 11.0. The Morgan fingerprint density at radius 1 is 1.10 bits per heavy atom. The predicted molar refractivity (Wildman–Crippen MR) is 77.7 cm³/mol. The van der Waals surface area contributed by atoms with Crippen molar-refractivity contribution < 1.29 is 9.90 Å². The van der Waals surface area contributed by atoms with E-state index in [2.05, 4.69) is 29.2 Å². The molecule has 1 aliphatic rings. The number of benzene rings is 2. The van der Waals surface area contributed by atoms with Gasteiger partial charge in [-0.1, -0.05) is 36.4 Å². The fraction of sp³-hybridized carbons (Fsp3) is 0.235. The first-order chi connectivity index (χ1) is 9.72. The number of fused-ring (bicyclic) bond motifs is 1. The Labute approximate surface area is 118 Å². The number of rotatable bonds is 3. The molecule has 0 bridgehead atoms. The van der Waals surface area contributed by atoms with Crippen LogP contribution in [0.15, 0.2) is 48.5 Å². The van der Waals surface area contributed by atoms with Crippen LogP contribution in [0.4, 0.5) is 0 Å². The highest BCUT2D eigenvalue weighted by atomic mass is 16.4. The second-order valence-electron chi connectivity index (χ2n) is 5.23. The maximum atomic E-state index is 11.0. The first kappa shape index (κ1) is 12.9. The topological polar surface area (TPSA) is 40.5 Å². The van der Waals surface area contributed by atoms with Crippen LogP contribution in [0.25, 0.3) is 0 Å². The van der Waals surface area contributed by atoms with Crippen molar-refractivity contribution in [2.24, 2.45) is 0 Å².